The summed E-state index contributed by atoms with van der Waals surface area (Å²) < 4.78 is 18.8. The van der Waals surface area contributed by atoms with E-state index < -0.39 is 29.2 Å². The Kier molecular flexibility index (Phi) is 4.93. The van der Waals surface area contributed by atoms with E-state index in [0.29, 0.717) is 18.4 Å². The van der Waals surface area contributed by atoms with E-state index in [-0.39, 0.29) is 18.8 Å². The minimum absolute atomic E-state index is 0.120. The highest BCUT2D eigenvalue weighted by atomic mass is 19.1. The molecule has 2 aromatic rings. The maximum Gasteiger partial charge on any atom is 0.325 e. The average molecular weight is 411 g/mol. The van der Waals surface area contributed by atoms with Gasteiger partial charge in [0.05, 0.1) is 7.11 Å². The molecule has 1 N–H and O–H groups in total. The van der Waals surface area contributed by atoms with Crippen molar-refractivity contribution >= 4 is 17.8 Å². The van der Waals surface area contributed by atoms with Crippen molar-refractivity contribution in [2.45, 2.75) is 24.9 Å². The van der Waals surface area contributed by atoms with E-state index in [1.54, 1.807) is 13.1 Å². The van der Waals surface area contributed by atoms with E-state index in [2.05, 4.69) is 5.32 Å². The van der Waals surface area contributed by atoms with Crippen LogP contribution in [0.25, 0.3) is 0 Å². The van der Waals surface area contributed by atoms with Crippen LogP contribution in [0.1, 0.15) is 23.1 Å². The van der Waals surface area contributed by atoms with E-state index in [0.717, 1.165) is 16.0 Å². The molecule has 2 aromatic carbocycles. The Balaban J connectivity index is 1.46. The van der Waals surface area contributed by atoms with Gasteiger partial charge in [-0.3, -0.25) is 14.5 Å². The fraction of sp³-hybridized carbons (Fsp3) is 0.318. The Morgan fingerprint density at radius 3 is 2.77 bits per heavy atom. The Labute approximate surface area is 173 Å². The van der Waals surface area contributed by atoms with Gasteiger partial charge in [-0.05, 0) is 41.7 Å². The molecule has 1 aliphatic heterocycles. The van der Waals surface area contributed by atoms with Crippen LogP contribution in [0.4, 0.5) is 9.18 Å². The summed E-state index contributed by atoms with van der Waals surface area (Å²) in [4.78, 5) is 40.7. The summed E-state index contributed by atoms with van der Waals surface area (Å²) in [7, 11) is 2.92. The van der Waals surface area contributed by atoms with Crippen molar-refractivity contribution in [2.24, 2.45) is 0 Å². The predicted molar refractivity (Wildman–Crippen MR) is 106 cm³/mol. The summed E-state index contributed by atoms with van der Waals surface area (Å²) in [5.41, 5.74) is 1.30. The van der Waals surface area contributed by atoms with Gasteiger partial charge < -0.3 is 15.0 Å². The second-order valence-electron chi connectivity index (χ2n) is 7.60. The average Bonchev–Trinajstić information content (AvgIpc) is 3.21. The summed E-state index contributed by atoms with van der Waals surface area (Å²) in [6.07, 6.45) is 1.16. The number of urea groups is 1. The number of amides is 4. The highest BCUT2D eigenvalue weighted by molar-refractivity contribution is 6.09. The molecule has 0 radical (unpaired) electrons. The Bertz CT molecular complexity index is 1040. The van der Waals surface area contributed by atoms with Gasteiger partial charge in [0.1, 0.15) is 12.1 Å². The monoisotopic (exact) mass is 411 g/mol. The van der Waals surface area contributed by atoms with Gasteiger partial charge in [0.2, 0.25) is 5.91 Å². The smallest absolute Gasteiger partial charge is 0.325 e. The first-order valence-corrected chi connectivity index (χ1v) is 9.64. The van der Waals surface area contributed by atoms with Crippen molar-refractivity contribution in [1.29, 1.82) is 0 Å². The molecule has 4 amide bonds. The van der Waals surface area contributed by atoms with Crippen molar-refractivity contribution < 1.29 is 23.5 Å². The number of fused-ring (bicyclic) bond motifs is 2. The fourth-order valence-electron chi connectivity index (χ4n) is 4.16. The van der Waals surface area contributed by atoms with Gasteiger partial charge in [0, 0.05) is 13.6 Å². The largest absolute Gasteiger partial charge is 0.494 e. The maximum absolute atomic E-state index is 13.9. The lowest BCUT2D eigenvalue weighted by molar-refractivity contribution is -0.138. The molecule has 1 spiro atoms. The number of methoxy groups -OCH3 is 1. The molecule has 0 bridgehead atoms. The molecule has 1 aliphatic carbocycles. The number of rotatable bonds is 5. The topological polar surface area (TPSA) is 79.0 Å². The number of halogens is 1. The summed E-state index contributed by atoms with van der Waals surface area (Å²) >= 11 is 0. The van der Waals surface area contributed by atoms with Gasteiger partial charge in [-0.1, -0.05) is 30.3 Å². The molecule has 0 aromatic heterocycles. The summed E-state index contributed by atoms with van der Waals surface area (Å²) in [5, 5.41) is 2.80. The van der Waals surface area contributed by atoms with E-state index >= 15 is 0 Å². The molecule has 8 heteroatoms. The van der Waals surface area contributed by atoms with E-state index in [4.69, 9.17) is 4.74 Å². The standard InChI is InChI=1S/C22H22FN3O4/c1-25(12-14-7-8-18(30-2)17(23)11-14)19(27)13-26-20(28)22(24-21(26)29)10-9-15-5-3-4-6-16(15)22/h3-8,11H,9-10,12-13H2,1-2H3,(H,24,29). The molecule has 4 rings (SSSR count). The van der Waals surface area contributed by atoms with Gasteiger partial charge in [-0.25, -0.2) is 9.18 Å². The third-order valence-electron chi connectivity index (χ3n) is 5.78. The Hall–Kier alpha value is -3.42. The number of carbonyl (C=O) groups is 3. The number of hydrogen-bond donors (Lipinski definition) is 1. The minimum Gasteiger partial charge on any atom is -0.494 e. The summed E-state index contributed by atoms with van der Waals surface area (Å²) in [6.45, 7) is -0.235. The maximum atomic E-state index is 13.9. The highest BCUT2D eigenvalue weighted by Gasteiger charge is 2.55. The molecule has 1 heterocycles. The van der Waals surface area contributed by atoms with Crippen LogP contribution in [0.5, 0.6) is 5.75 Å². The number of nitrogens with zero attached hydrogens (tertiary/aromatic N) is 2. The number of carbonyl (C=O) groups excluding carboxylic acids is 3. The van der Waals surface area contributed by atoms with Gasteiger partial charge >= 0.3 is 6.03 Å². The van der Waals surface area contributed by atoms with Crippen molar-refractivity contribution in [3.8, 4) is 5.75 Å². The second kappa shape index (κ2) is 7.44. The van der Waals surface area contributed by atoms with Crippen LogP contribution in [0.15, 0.2) is 42.5 Å². The van der Waals surface area contributed by atoms with Crippen LogP contribution >= 0.6 is 0 Å². The SMILES string of the molecule is COc1ccc(CN(C)C(=O)CN2C(=O)NC3(CCc4ccccc43)C2=O)cc1F. The zero-order chi connectivity index (χ0) is 21.5. The number of hydrogen-bond acceptors (Lipinski definition) is 4. The highest BCUT2D eigenvalue weighted by Crippen LogP contribution is 2.41. The van der Waals surface area contributed by atoms with Crippen LogP contribution < -0.4 is 10.1 Å². The minimum atomic E-state index is -1.09. The van der Waals surface area contributed by atoms with Gasteiger partial charge in [-0.15, -0.1) is 0 Å². The third kappa shape index (κ3) is 3.18. The molecule has 1 saturated heterocycles. The van der Waals surface area contributed by atoms with Crippen LogP contribution in [0.2, 0.25) is 0 Å². The number of nitrogens with one attached hydrogen (secondary N) is 1. The predicted octanol–water partition coefficient (Wildman–Crippen LogP) is 2.19. The molecule has 1 unspecified atom stereocenters. The molecule has 156 valence electrons. The molecule has 1 atom stereocenters. The van der Waals surface area contributed by atoms with Crippen LogP contribution in [0, 0.1) is 5.82 Å². The second-order valence-corrected chi connectivity index (χ2v) is 7.60. The first-order valence-electron chi connectivity index (χ1n) is 9.64. The van der Waals surface area contributed by atoms with E-state index in [9.17, 15) is 18.8 Å². The number of imide groups is 1. The quantitative estimate of drug-likeness (QED) is 0.765. The van der Waals surface area contributed by atoms with Crippen LogP contribution in [-0.4, -0.2) is 48.3 Å². The first kappa shape index (κ1) is 19.9. The molecule has 0 saturated carbocycles. The lowest BCUT2D eigenvalue weighted by Gasteiger charge is -2.23. The van der Waals surface area contributed by atoms with Crippen molar-refractivity contribution in [3.63, 3.8) is 0 Å². The lowest BCUT2D eigenvalue weighted by atomic mass is 9.92. The van der Waals surface area contributed by atoms with Gasteiger partial charge in [-0.2, -0.15) is 0 Å². The number of likely N-dealkylation sites (N-methyl/N-ethyl adjacent to an activating group) is 1. The van der Waals surface area contributed by atoms with Crippen LogP contribution in [-0.2, 0) is 28.1 Å². The molecule has 1 fully saturated rings. The fourth-order valence-corrected chi connectivity index (χ4v) is 4.16. The zero-order valence-corrected chi connectivity index (χ0v) is 16.8. The van der Waals surface area contributed by atoms with Crippen molar-refractivity contribution in [1.82, 2.24) is 15.1 Å². The Morgan fingerprint density at radius 1 is 1.27 bits per heavy atom. The van der Waals surface area contributed by atoms with Crippen molar-refractivity contribution in [3.05, 3.63) is 65.0 Å². The number of ether oxygens (including phenoxy) is 1. The normalized spacial score (nSPS) is 19.8. The molecular formula is C22H22FN3O4. The zero-order valence-electron chi connectivity index (χ0n) is 16.8. The third-order valence-corrected chi connectivity index (χ3v) is 5.78. The molecular weight excluding hydrogens is 389 g/mol. The van der Waals surface area contributed by atoms with E-state index in [1.807, 2.05) is 24.3 Å². The summed E-state index contributed by atoms with van der Waals surface area (Å²) in [6, 6.07) is 11.4. The van der Waals surface area contributed by atoms with E-state index in [1.165, 1.54) is 24.1 Å². The number of benzene rings is 2. The van der Waals surface area contributed by atoms with Gasteiger partial charge in [0.15, 0.2) is 11.6 Å². The van der Waals surface area contributed by atoms with Gasteiger partial charge in [0.25, 0.3) is 5.91 Å². The Morgan fingerprint density at radius 2 is 2.03 bits per heavy atom. The molecule has 2 aliphatic rings. The molecule has 30 heavy (non-hydrogen) atoms. The van der Waals surface area contributed by atoms with Crippen LogP contribution in [0.3, 0.4) is 0 Å². The summed E-state index contributed by atoms with van der Waals surface area (Å²) in [5.74, 6) is -1.23. The lowest BCUT2D eigenvalue weighted by Crippen LogP contribution is -2.44. The first-order chi connectivity index (χ1) is 14.4. The molecule has 7 nitrogen and oxygen atoms in total. The van der Waals surface area contributed by atoms with Crippen molar-refractivity contribution in [2.75, 3.05) is 20.7 Å². The number of aryl methyl sites for hydroxylation is 1.